The number of hydrogen-bond donors (Lipinski definition) is 0. The summed E-state index contributed by atoms with van der Waals surface area (Å²) >= 11 is 3.44. The van der Waals surface area contributed by atoms with Gasteiger partial charge in [0.2, 0.25) is 0 Å². The second-order valence-corrected chi connectivity index (χ2v) is 3.32. The summed E-state index contributed by atoms with van der Waals surface area (Å²) in [6, 6.07) is 6.02. The lowest BCUT2D eigenvalue weighted by Gasteiger charge is -2.06. The first-order valence-electron chi connectivity index (χ1n) is 3.65. The number of halogens is 1. The van der Waals surface area contributed by atoms with Crippen molar-refractivity contribution in [3.05, 3.63) is 33.8 Å². The number of rotatable bonds is 3. The molecule has 0 heterocycles. The van der Waals surface area contributed by atoms with Crippen molar-refractivity contribution in [2.24, 2.45) is 0 Å². The van der Waals surface area contributed by atoms with Gasteiger partial charge in [-0.05, 0) is 24.1 Å². The van der Waals surface area contributed by atoms with Crippen molar-refractivity contribution >= 4 is 15.9 Å². The quantitative estimate of drug-likeness (QED) is 0.588. The molecule has 1 aromatic rings. The van der Waals surface area contributed by atoms with Crippen LogP contribution in [0.4, 0.5) is 0 Å². The van der Waals surface area contributed by atoms with Crippen LogP contribution in [-0.4, -0.2) is 7.11 Å². The fourth-order valence-electron chi connectivity index (χ4n) is 0.967. The average molecular weight is 231 g/mol. The standard InChI is InChI=1S/C9H11BrO2/c1-7-4-3-5-9(10)8(7)6-12-11-2/h3-5H,6H2,1-2H3. The van der Waals surface area contributed by atoms with E-state index in [1.165, 1.54) is 12.7 Å². The van der Waals surface area contributed by atoms with Gasteiger partial charge >= 0.3 is 0 Å². The summed E-state index contributed by atoms with van der Waals surface area (Å²) in [6.07, 6.45) is 0. The largest absolute Gasteiger partial charge is 0.240 e. The van der Waals surface area contributed by atoms with Crippen LogP contribution in [0.5, 0.6) is 0 Å². The van der Waals surface area contributed by atoms with Crippen molar-refractivity contribution in [2.45, 2.75) is 13.5 Å². The van der Waals surface area contributed by atoms with E-state index in [1.54, 1.807) is 0 Å². The molecule has 0 saturated heterocycles. The highest BCUT2D eigenvalue weighted by Crippen LogP contribution is 2.20. The lowest BCUT2D eigenvalue weighted by molar-refractivity contribution is -0.282. The number of aryl methyl sites for hydroxylation is 1. The van der Waals surface area contributed by atoms with Gasteiger partial charge in [0.1, 0.15) is 6.61 Å². The fraction of sp³-hybridized carbons (Fsp3) is 0.333. The van der Waals surface area contributed by atoms with Gasteiger partial charge in [-0.1, -0.05) is 28.1 Å². The molecule has 0 aliphatic rings. The van der Waals surface area contributed by atoms with Gasteiger partial charge in [-0.2, -0.15) is 0 Å². The van der Waals surface area contributed by atoms with E-state index in [4.69, 9.17) is 4.89 Å². The third kappa shape index (κ3) is 2.30. The van der Waals surface area contributed by atoms with E-state index in [0.717, 1.165) is 10.0 Å². The summed E-state index contributed by atoms with van der Waals surface area (Å²) < 4.78 is 1.06. The molecule has 0 bridgehead atoms. The normalized spacial score (nSPS) is 10.2. The monoisotopic (exact) mass is 230 g/mol. The van der Waals surface area contributed by atoms with Crippen molar-refractivity contribution < 1.29 is 9.78 Å². The van der Waals surface area contributed by atoms with E-state index < -0.39 is 0 Å². The van der Waals surface area contributed by atoms with Crippen LogP contribution in [0.2, 0.25) is 0 Å². The van der Waals surface area contributed by atoms with Crippen LogP contribution in [-0.2, 0) is 16.4 Å². The van der Waals surface area contributed by atoms with Gasteiger partial charge in [-0.25, -0.2) is 9.78 Å². The molecule has 0 unspecified atom stereocenters. The van der Waals surface area contributed by atoms with E-state index in [0.29, 0.717) is 6.61 Å². The zero-order chi connectivity index (χ0) is 8.97. The molecular formula is C9H11BrO2. The Hall–Kier alpha value is -0.380. The molecule has 0 aliphatic carbocycles. The van der Waals surface area contributed by atoms with Gasteiger partial charge in [0.25, 0.3) is 0 Å². The molecule has 0 atom stereocenters. The first-order valence-corrected chi connectivity index (χ1v) is 4.44. The Morgan fingerprint density at radius 2 is 2.17 bits per heavy atom. The minimum absolute atomic E-state index is 0.476. The summed E-state index contributed by atoms with van der Waals surface area (Å²) in [7, 11) is 1.51. The minimum atomic E-state index is 0.476. The fourth-order valence-corrected chi connectivity index (χ4v) is 1.55. The molecule has 0 amide bonds. The zero-order valence-electron chi connectivity index (χ0n) is 7.13. The van der Waals surface area contributed by atoms with E-state index in [2.05, 4.69) is 20.8 Å². The third-order valence-electron chi connectivity index (χ3n) is 1.67. The maximum atomic E-state index is 4.85. The van der Waals surface area contributed by atoms with Gasteiger partial charge in [0.05, 0.1) is 7.11 Å². The lowest BCUT2D eigenvalue weighted by Crippen LogP contribution is -1.95. The predicted octanol–water partition coefficient (Wildman–Crippen LogP) is 2.84. The Morgan fingerprint density at radius 1 is 1.42 bits per heavy atom. The molecule has 66 valence electrons. The maximum absolute atomic E-state index is 4.85. The molecule has 2 nitrogen and oxygen atoms in total. The van der Waals surface area contributed by atoms with Gasteiger partial charge in [-0.15, -0.1) is 0 Å². The van der Waals surface area contributed by atoms with Gasteiger partial charge in [0, 0.05) is 4.47 Å². The van der Waals surface area contributed by atoms with Crippen molar-refractivity contribution in [1.29, 1.82) is 0 Å². The Balaban J connectivity index is 2.81. The van der Waals surface area contributed by atoms with Crippen LogP contribution in [0, 0.1) is 6.92 Å². The summed E-state index contributed by atoms with van der Waals surface area (Å²) in [5.74, 6) is 0. The van der Waals surface area contributed by atoms with Crippen molar-refractivity contribution in [2.75, 3.05) is 7.11 Å². The van der Waals surface area contributed by atoms with Crippen LogP contribution < -0.4 is 0 Å². The Labute approximate surface area is 80.6 Å². The molecule has 12 heavy (non-hydrogen) atoms. The summed E-state index contributed by atoms with van der Waals surface area (Å²) in [5, 5.41) is 0. The molecule has 0 aromatic heterocycles. The van der Waals surface area contributed by atoms with Crippen LogP contribution in [0.15, 0.2) is 22.7 Å². The molecule has 0 aliphatic heterocycles. The molecule has 0 radical (unpaired) electrons. The first kappa shape index (κ1) is 9.71. The molecular weight excluding hydrogens is 220 g/mol. The minimum Gasteiger partial charge on any atom is -0.240 e. The Bertz CT molecular complexity index is 240. The second-order valence-electron chi connectivity index (χ2n) is 2.46. The predicted molar refractivity (Wildman–Crippen MR) is 50.7 cm³/mol. The highest BCUT2D eigenvalue weighted by atomic mass is 79.9. The Morgan fingerprint density at radius 3 is 2.75 bits per heavy atom. The SMILES string of the molecule is COOCc1c(C)cccc1Br. The molecule has 0 saturated carbocycles. The van der Waals surface area contributed by atoms with Gasteiger partial charge < -0.3 is 0 Å². The van der Waals surface area contributed by atoms with Crippen molar-refractivity contribution in [3.8, 4) is 0 Å². The summed E-state index contributed by atoms with van der Waals surface area (Å²) in [5.41, 5.74) is 2.32. The lowest BCUT2D eigenvalue weighted by atomic mass is 10.1. The number of benzene rings is 1. The third-order valence-corrected chi connectivity index (χ3v) is 2.42. The van der Waals surface area contributed by atoms with Crippen LogP contribution >= 0.6 is 15.9 Å². The first-order chi connectivity index (χ1) is 5.75. The summed E-state index contributed by atoms with van der Waals surface area (Å²) in [6.45, 7) is 2.52. The Kier molecular flexibility index (Phi) is 3.72. The van der Waals surface area contributed by atoms with Gasteiger partial charge in [-0.3, -0.25) is 0 Å². The highest BCUT2D eigenvalue weighted by molar-refractivity contribution is 9.10. The van der Waals surface area contributed by atoms with Crippen LogP contribution in [0.1, 0.15) is 11.1 Å². The molecule has 0 fully saturated rings. The molecule has 0 spiro atoms. The average Bonchev–Trinajstić information content (AvgIpc) is 2.04. The molecule has 1 rings (SSSR count). The van der Waals surface area contributed by atoms with Crippen LogP contribution in [0.25, 0.3) is 0 Å². The molecule has 0 N–H and O–H groups in total. The topological polar surface area (TPSA) is 18.5 Å². The van der Waals surface area contributed by atoms with E-state index in [9.17, 15) is 0 Å². The molecule has 1 aromatic carbocycles. The van der Waals surface area contributed by atoms with Crippen LogP contribution in [0.3, 0.4) is 0 Å². The van der Waals surface area contributed by atoms with E-state index >= 15 is 0 Å². The van der Waals surface area contributed by atoms with Crippen molar-refractivity contribution in [3.63, 3.8) is 0 Å². The highest BCUT2D eigenvalue weighted by Gasteiger charge is 2.02. The summed E-state index contributed by atoms with van der Waals surface area (Å²) in [4.78, 5) is 9.39. The second kappa shape index (κ2) is 4.60. The maximum Gasteiger partial charge on any atom is 0.109 e. The number of hydrogen-bond acceptors (Lipinski definition) is 2. The van der Waals surface area contributed by atoms with Gasteiger partial charge in [0.15, 0.2) is 0 Å². The van der Waals surface area contributed by atoms with Crippen molar-refractivity contribution in [1.82, 2.24) is 0 Å². The molecule has 3 heteroatoms. The smallest absolute Gasteiger partial charge is 0.109 e. The van der Waals surface area contributed by atoms with E-state index in [1.807, 2.05) is 25.1 Å². The van der Waals surface area contributed by atoms with E-state index in [-0.39, 0.29) is 0 Å². The zero-order valence-corrected chi connectivity index (χ0v) is 8.72.